The number of amides is 1. The summed E-state index contributed by atoms with van der Waals surface area (Å²) >= 11 is 0. The zero-order chi connectivity index (χ0) is 29.2. The molecule has 11 heteroatoms. The van der Waals surface area contributed by atoms with Gasteiger partial charge in [0, 0.05) is 40.9 Å². The summed E-state index contributed by atoms with van der Waals surface area (Å²) in [5.74, 6) is -8.13. The van der Waals surface area contributed by atoms with Crippen molar-refractivity contribution in [1.29, 1.82) is 0 Å². The van der Waals surface area contributed by atoms with Crippen molar-refractivity contribution in [1.82, 2.24) is 5.32 Å². The summed E-state index contributed by atoms with van der Waals surface area (Å²) in [6.07, 6.45) is 5.85. The summed E-state index contributed by atoms with van der Waals surface area (Å²) in [6, 6.07) is -1.48. The van der Waals surface area contributed by atoms with E-state index in [0.29, 0.717) is 12.8 Å². The van der Waals surface area contributed by atoms with Crippen LogP contribution in [0.1, 0.15) is 47.5 Å². The molecule has 0 bridgehead atoms. The van der Waals surface area contributed by atoms with E-state index in [1.54, 1.807) is 19.9 Å². The fourth-order valence-electron chi connectivity index (χ4n) is 7.59. The van der Waals surface area contributed by atoms with Crippen LogP contribution in [-0.2, 0) is 30.0 Å². The second kappa shape index (κ2) is 10.0. The van der Waals surface area contributed by atoms with Crippen molar-refractivity contribution in [3.8, 4) is 0 Å². The third-order valence-electron chi connectivity index (χ3n) is 9.89. The van der Waals surface area contributed by atoms with Gasteiger partial charge in [0.05, 0.1) is 23.2 Å². The van der Waals surface area contributed by atoms with Crippen LogP contribution in [0.4, 0.5) is 0 Å². The SMILES string of the molecule is CC(=O)N[C@@H](C[S@](=O)C[C@]1(O)C(=O)[C@H]2C(=O)[C@@]3(C)[C@@H](C=C[C@@H]4[C@H](O)[C@@H](C)CC[C@@H]43)[C@](C)(O)C2=C[C@@H]1C)C(=O)O. The van der Waals surface area contributed by atoms with E-state index >= 15 is 0 Å². The molecule has 12 atom stereocenters. The first kappa shape index (κ1) is 29.8. The number of aliphatic hydroxyl groups is 3. The average Bonchev–Trinajstić information content (AvgIpc) is 2.83. The Labute approximate surface area is 230 Å². The number of hydrogen-bond donors (Lipinski definition) is 5. The average molecular weight is 566 g/mol. The van der Waals surface area contributed by atoms with Crippen molar-refractivity contribution in [2.24, 2.45) is 40.9 Å². The molecule has 4 aliphatic rings. The van der Waals surface area contributed by atoms with E-state index < -0.39 is 92.3 Å². The molecule has 0 radical (unpaired) electrons. The number of carbonyl (C=O) groups is 4. The lowest BCUT2D eigenvalue weighted by Crippen LogP contribution is -2.68. The van der Waals surface area contributed by atoms with Gasteiger partial charge in [0.15, 0.2) is 11.6 Å². The zero-order valence-electron chi connectivity index (χ0n) is 22.9. The van der Waals surface area contributed by atoms with Crippen molar-refractivity contribution >= 4 is 34.2 Å². The molecule has 0 spiro atoms. The third-order valence-corrected chi connectivity index (χ3v) is 11.4. The van der Waals surface area contributed by atoms with E-state index in [1.165, 1.54) is 13.0 Å². The molecule has 4 rings (SSSR count). The van der Waals surface area contributed by atoms with E-state index in [1.807, 2.05) is 13.0 Å². The molecule has 5 N–H and O–H groups in total. The normalized spacial score (nSPS) is 44.8. The van der Waals surface area contributed by atoms with Crippen molar-refractivity contribution < 1.29 is 43.8 Å². The molecule has 39 heavy (non-hydrogen) atoms. The van der Waals surface area contributed by atoms with Crippen LogP contribution in [-0.4, -0.2) is 82.9 Å². The van der Waals surface area contributed by atoms with Crippen molar-refractivity contribution in [2.45, 2.75) is 70.8 Å². The number of hydrogen-bond acceptors (Lipinski definition) is 8. The molecule has 0 aliphatic heterocycles. The van der Waals surface area contributed by atoms with E-state index in [0.717, 1.165) is 6.92 Å². The highest BCUT2D eigenvalue weighted by Crippen LogP contribution is 2.62. The fourth-order valence-corrected chi connectivity index (χ4v) is 9.20. The highest BCUT2D eigenvalue weighted by atomic mass is 32.2. The molecule has 0 aromatic rings. The zero-order valence-corrected chi connectivity index (χ0v) is 23.7. The number of carboxylic acids is 1. The van der Waals surface area contributed by atoms with Gasteiger partial charge in [0.25, 0.3) is 0 Å². The minimum absolute atomic E-state index is 0.0371. The molecule has 0 heterocycles. The predicted molar refractivity (Wildman–Crippen MR) is 142 cm³/mol. The van der Waals surface area contributed by atoms with Crippen LogP contribution in [0.25, 0.3) is 0 Å². The van der Waals surface area contributed by atoms with Crippen LogP contribution >= 0.6 is 0 Å². The van der Waals surface area contributed by atoms with Gasteiger partial charge in [0.1, 0.15) is 17.6 Å². The second-order valence-corrected chi connectivity index (χ2v) is 13.9. The minimum atomic E-state index is -2.25. The first-order valence-electron chi connectivity index (χ1n) is 13.4. The Balaban J connectivity index is 1.71. The van der Waals surface area contributed by atoms with Crippen LogP contribution in [0.15, 0.2) is 23.8 Å². The highest BCUT2D eigenvalue weighted by molar-refractivity contribution is 7.85. The number of rotatable bonds is 6. The lowest BCUT2D eigenvalue weighted by molar-refractivity contribution is -0.171. The van der Waals surface area contributed by atoms with Gasteiger partial charge in [-0.1, -0.05) is 39.0 Å². The number of carboxylic acid groups (broad SMARTS) is 1. The molecule has 0 unspecified atom stereocenters. The Bertz CT molecular complexity index is 1180. The molecular formula is C28H39NO9S. The number of ketones is 2. The van der Waals surface area contributed by atoms with E-state index in [2.05, 4.69) is 5.32 Å². The van der Waals surface area contributed by atoms with Gasteiger partial charge in [0.2, 0.25) is 5.91 Å². The van der Waals surface area contributed by atoms with Crippen LogP contribution in [0, 0.1) is 40.9 Å². The van der Waals surface area contributed by atoms with Gasteiger partial charge in [-0.05, 0) is 37.2 Å². The lowest BCUT2D eigenvalue weighted by atomic mass is 9.43. The molecule has 1 amide bonds. The molecule has 2 saturated carbocycles. The number of fused-ring (bicyclic) bond motifs is 4. The van der Waals surface area contributed by atoms with Gasteiger partial charge in [-0.25, -0.2) is 4.79 Å². The quantitative estimate of drug-likeness (QED) is 0.225. The smallest absolute Gasteiger partial charge is 0.327 e. The van der Waals surface area contributed by atoms with Crippen LogP contribution in [0.5, 0.6) is 0 Å². The monoisotopic (exact) mass is 565 g/mol. The van der Waals surface area contributed by atoms with Crippen LogP contribution in [0.3, 0.4) is 0 Å². The molecule has 0 aromatic carbocycles. The minimum Gasteiger partial charge on any atom is -0.480 e. The van der Waals surface area contributed by atoms with Gasteiger partial charge in [-0.15, -0.1) is 0 Å². The highest BCUT2D eigenvalue weighted by Gasteiger charge is 2.68. The molecule has 216 valence electrons. The molecule has 0 saturated heterocycles. The number of carbonyl (C=O) groups excluding carboxylic acids is 3. The van der Waals surface area contributed by atoms with Crippen molar-refractivity contribution in [3.63, 3.8) is 0 Å². The fraction of sp³-hybridized carbons (Fsp3) is 0.714. The lowest BCUT2D eigenvalue weighted by Gasteiger charge is -2.60. The Morgan fingerprint density at radius 3 is 2.36 bits per heavy atom. The largest absolute Gasteiger partial charge is 0.480 e. The number of aliphatic carboxylic acids is 1. The van der Waals surface area contributed by atoms with Crippen molar-refractivity contribution in [2.75, 3.05) is 11.5 Å². The van der Waals surface area contributed by atoms with E-state index in [-0.39, 0.29) is 23.3 Å². The van der Waals surface area contributed by atoms with Gasteiger partial charge >= 0.3 is 5.97 Å². The Morgan fingerprint density at radius 2 is 1.77 bits per heavy atom. The summed E-state index contributed by atoms with van der Waals surface area (Å²) < 4.78 is 13.0. The van der Waals surface area contributed by atoms with E-state index in [9.17, 15) is 43.8 Å². The number of aliphatic hydroxyl groups excluding tert-OH is 1. The van der Waals surface area contributed by atoms with Crippen molar-refractivity contribution in [3.05, 3.63) is 23.8 Å². The van der Waals surface area contributed by atoms with Crippen LogP contribution < -0.4 is 5.32 Å². The first-order chi connectivity index (χ1) is 18.0. The second-order valence-electron chi connectivity index (χ2n) is 12.4. The predicted octanol–water partition coefficient (Wildman–Crippen LogP) is 0.366. The molecule has 4 aliphatic carbocycles. The summed E-state index contributed by atoms with van der Waals surface area (Å²) in [5, 5.41) is 46.0. The maximum Gasteiger partial charge on any atom is 0.327 e. The third kappa shape index (κ3) is 4.55. The molecule has 0 aromatic heterocycles. The summed E-state index contributed by atoms with van der Waals surface area (Å²) in [7, 11) is -2.06. The summed E-state index contributed by atoms with van der Waals surface area (Å²) in [5.41, 5.74) is -4.83. The molecule has 10 nitrogen and oxygen atoms in total. The maximum absolute atomic E-state index is 14.3. The Morgan fingerprint density at radius 1 is 1.13 bits per heavy atom. The summed E-state index contributed by atoms with van der Waals surface area (Å²) in [6.45, 7) is 7.91. The van der Waals surface area contributed by atoms with Gasteiger partial charge < -0.3 is 25.7 Å². The Hall–Kier alpha value is -2.21. The van der Waals surface area contributed by atoms with Crippen LogP contribution in [0.2, 0.25) is 0 Å². The molecular weight excluding hydrogens is 526 g/mol. The number of nitrogens with one attached hydrogen (secondary N) is 1. The standard InChI is InChI=1S/C28H39NO9S/c1-13-6-8-17-16(22(13)31)7-9-20-26(17,4)23(32)21-18(27(20,5)36)10-14(2)28(37,24(21)33)12-39(38)11-19(25(34)35)29-15(3)30/h7,9-10,13-14,16-17,19-22,31,36-37H,6,8,11-12H2,1-5H3,(H,29,30)(H,34,35)/t13-,14-,16-,17-,19-,20+,21+,22+,26+,27+,28+,39-/m0/s1. The summed E-state index contributed by atoms with van der Waals surface area (Å²) in [4.78, 5) is 51.2. The van der Waals surface area contributed by atoms with Gasteiger partial charge in [-0.2, -0.15) is 0 Å². The topological polar surface area (TPSA) is 178 Å². The Kier molecular flexibility index (Phi) is 7.64. The number of Topliss-reactive ketones (excluding diaryl/α,β-unsaturated/α-hetero) is 2. The first-order valence-corrected chi connectivity index (χ1v) is 14.9. The molecule has 2 fully saturated rings. The van der Waals surface area contributed by atoms with Gasteiger partial charge in [-0.3, -0.25) is 18.6 Å². The maximum atomic E-state index is 14.3. The van der Waals surface area contributed by atoms with E-state index in [4.69, 9.17) is 0 Å².